The average Bonchev–Trinajstić information content (AvgIpc) is 2.16. The van der Waals surface area contributed by atoms with E-state index in [4.69, 9.17) is 5.73 Å². The molecule has 1 heterocycles. The van der Waals surface area contributed by atoms with Gasteiger partial charge >= 0.3 is 0 Å². The summed E-state index contributed by atoms with van der Waals surface area (Å²) in [4.78, 5) is 0. The SMILES string of the molecule is CC1(C)SCc2c(F)ccc(F)c2C1N. The molecule has 1 aliphatic rings. The van der Waals surface area contributed by atoms with E-state index in [9.17, 15) is 8.78 Å². The first kappa shape index (κ1) is 10.9. The largest absolute Gasteiger partial charge is 0.323 e. The van der Waals surface area contributed by atoms with Crippen LogP contribution >= 0.6 is 11.8 Å². The number of halogens is 2. The summed E-state index contributed by atoms with van der Waals surface area (Å²) in [5, 5.41) is 0. The van der Waals surface area contributed by atoms with E-state index < -0.39 is 11.9 Å². The van der Waals surface area contributed by atoms with Gasteiger partial charge in [-0.15, -0.1) is 11.8 Å². The molecule has 15 heavy (non-hydrogen) atoms. The third kappa shape index (κ3) is 1.66. The summed E-state index contributed by atoms with van der Waals surface area (Å²) in [5.41, 5.74) is 6.74. The van der Waals surface area contributed by atoms with Crippen LogP contribution in [0.2, 0.25) is 0 Å². The number of fused-ring (bicyclic) bond motifs is 1. The molecule has 1 nitrogen and oxygen atoms in total. The molecule has 1 aromatic carbocycles. The van der Waals surface area contributed by atoms with Crippen LogP contribution in [0.3, 0.4) is 0 Å². The number of hydrogen-bond acceptors (Lipinski definition) is 2. The molecule has 1 aliphatic heterocycles. The van der Waals surface area contributed by atoms with Gasteiger partial charge in [0.15, 0.2) is 0 Å². The lowest BCUT2D eigenvalue weighted by atomic mass is 9.91. The first-order valence-electron chi connectivity index (χ1n) is 4.80. The smallest absolute Gasteiger partial charge is 0.128 e. The maximum Gasteiger partial charge on any atom is 0.128 e. The van der Waals surface area contributed by atoms with Crippen LogP contribution in [0, 0.1) is 11.6 Å². The molecule has 2 rings (SSSR count). The van der Waals surface area contributed by atoms with Crippen LogP contribution in [-0.2, 0) is 5.75 Å². The third-order valence-electron chi connectivity index (χ3n) is 2.90. The van der Waals surface area contributed by atoms with Crippen LogP contribution in [0.15, 0.2) is 12.1 Å². The molecule has 0 saturated carbocycles. The van der Waals surface area contributed by atoms with Crippen molar-refractivity contribution >= 4 is 11.8 Å². The normalized spacial score (nSPS) is 23.7. The molecular formula is C11H13F2NS. The number of benzene rings is 1. The monoisotopic (exact) mass is 229 g/mol. The summed E-state index contributed by atoms with van der Waals surface area (Å²) < 4.78 is 26.8. The van der Waals surface area contributed by atoms with E-state index in [1.807, 2.05) is 13.8 Å². The predicted molar refractivity (Wildman–Crippen MR) is 58.7 cm³/mol. The van der Waals surface area contributed by atoms with Gasteiger partial charge in [0, 0.05) is 27.7 Å². The minimum absolute atomic E-state index is 0.248. The predicted octanol–water partition coefficient (Wildman–Crippen LogP) is 2.99. The topological polar surface area (TPSA) is 26.0 Å². The molecule has 1 unspecified atom stereocenters. The summed E-state index contributed by atoms with van der Waals surface area (Å²) in [5.74, 6) is -0.267. The Hall–Kier alpha value is -0.610. The van der Waals surface area contributed by atoms with Crippen molar-refractivity contribution in [2.45, 2.75) is 30.4 Å². The zero-order chi connectivity index (χ0) is 11.2. The Labute approximate surface area is 92.0 Å². The lowest BCUT2D eigenvalue weighted by Gasteiger charge is -2.37. The zero-order valence-electron chi connectivity index (χ0n) is 8.68. The number of hydrogen-bond donors (Lipinski definition) is 1. The van der Waals surface area contributed by atoms with Gasteiger partial charge in [-0.3, -0.25) is 0 Å². The molecule has 82 valence electrons. The first-order valence-corrected chi connectivity index (χ1v) is 5.78. The lowest BCUT2D eigenvalue weighted by Crippen LogP contribution is -2.37. The van der Waals surface area contributed by atoms with Gasteiger partial charge in [-0.1, -0.05) is 0 Å². The minimum Gasteiger partial charge on any atom is -0.323 e. The van der Waals surface area contributed by atoms with Crippen LogP contribution in [0.25, 0.3) is 0 Å². The van der Waals surface area contributed by atoms with Crippen LogP contribution in [-0.4, -0.2) is 4.75 Å². The number of thioether (sulfide) groups is 1. The van der Waals surface area contributed by atoms with Crippen molar-refractivity contribution < 1.29 is 8.78 Å². The van der Waals surface area contributed by atoms with E-state index in [0.29, 0.717) is 16.9 Å². The molecule has 0 radical (unpaired) electrons. The highest BCUT2D eigenvalue weighted by atomic mass is 32.2. The van der Waals surface area contributed by atoms with Gasteiger partial charge < -0.3 is 5.73 Å². The van der Waals surface area contributed by atoms with E-state index in [1.165, 1.54) is 6.07 Å². The molecule has 0 fully saturated rings. The summed E-state index contributed by atoms with van der Waals surface area (Å²) in [6, 6.07) is 1.86. The number of rotatable bonds is 0. The van der Waals surface area contributed by atoms with Crippen molar-refractivity contribution in [3.63, 3.8) is 0 Å². The fourth-order valence-electron chi connectivity index (χ4n) is 1.79. The van der Waals surface area contributed by atoms with E-state index in [-0.39, 0.29) is 10.6 Å². The second-order valence-electron chi connectivity index (χ2n) is 4.29. The van der Waals surface area contributed by atoms with Gasteiger partial charge in [-0.05, 0) is 26.0 Å². The molecule has 0 bridgehead atoms. The molecule has 0 spiro atoms. The maximum atomic E-state index is 13.6. The summed E-state index contributed by atoms with van der Waals surface area (Å²) in [7, 11) is 0. The standard InChI is InChI=1S/C11H13F2NS/c1-11(2)10(14)9-6(5-15-11)7(12)3-4-8(9)13/h3-4,10H,5,14H2,1-2H3. The fraction of sp³-hybridized carbons (Fsp3) is 0.455. The Morgan fingerprint density at radius 1 is 1.33 bits per heavy atom. The third-order valence-corrected chi connectivity index (χ3v) is 4.33. The molecule has 1 atom stereocenters. The Morgan fingerprint density at radius 3 is 2.60 bits per heavy atom. The van der Waals surface area contributed by atoms with Crippen molar-refractivity contribution in [3.8, 4) is 0 Å². The second kappa shape index (κ2) is 3.46. The second-order valence-corrected chi connectivity index (χ2v) is 5.92. The van der Waals surface area contributed by atoms with E-state index >= 15 is 0 Å². The molecule has 4 heteroatoms. The van der Waals surface area contributed by atoms with Crippen molar-refractivity contribution in [2.24, 2.45) is 5.73 Å². The van der Waals surface area contributed by atoms with E-state index in [2.05, 4.69) is 0 Å². The minimum atomic E-state index is -0.457. The summed E-state index contributed by atoms with van der Waals surface area (Å²) in [6.45, 7) is 3.91. The van der Waals surface area contributed by atoms with Gasteiger partial charge in [-0.2, -0.15) is 0 Å². The highest BCUT2D eigenvalue weighted by Gasteiger charge is 2.37. The van der Waals surface area contributed by atoms with Crippen molar-refractivity contribution in [3.05, 3.63) is 34.9 Å². The fourth-order valence-corrected chi connectivity index (χ4v) is 2.90. The Bertz CT molecular complexity index is 404. The molecule has 2 N–H and O–H groups in total. The van der Waals surface area contributed by atoms with Gasteiger partial charge in [-0.25, -0.2) is 8.78 Å². The molecule has 1 aromatic rings. The van der Waals surface area contributed by atoms with Crippen LogP contribution in [0.4, 0.5) is 8.78 Å². The van der Waals surface area contributed by atoms with Gasteiger partial charge in [0.25, 0.3) is 0 Å². The van der Waals surface area contributed by atoms with Crippen LogP contribution in [0.1, 0.15) is 31.0 Å². The molecular weight excluding hydrogens is 216 g/mol. The molecule has 0 aliphatic carbocycles. The zero-order valence-corrected chi connectivity index (χ0v) is 9.50. The van der Waals surface area contributed by atoms with E-state index in [0.717, 1.165) is 6.07 Å². The molecule has 0 aromatic heterocycles. The average molecular weight is 229 g/mol. The highest BCUT2D eigenvalue weighted by molar-refractivity contribution is 7.99. The summed E-state index contributed by atoms with van der Waals surface area (Å²) >= 11 is 1.56. The van der Waals surface area contributed by atoms with Gasteiger partial charge in [0.1, 0.15) is 11.6 Å². The number of nitrogens with two attached hydrogens (primary N) is 1. The Balaban J connectivity index is 2.60. The highest BCUT2D eigenvalue weighted by Crippen LogP contribution is 2.45. The Morgan fingerprint density at radius 2 is 1.93 bits per heavy atom. The van der Waals surface area contributed by atoms with E-state index in [1.54, 1.807) is 11.8 Å². The van der Waals surface area contributed by atoms with Crippen molar-refractivity contribution in [1.82, 2.24) is 0 Å². The van der Waals surface area contributed by atoms with Crippen molar-refractivity contribution in [2.75, 3.05) is 0 Å². The lowest BCUT2D eigenvalue weighted by molar-refractivity contribution is 0.496. The van der Waals surface area contributed by atoms with Crippen LogP contribution < -0.4 is 5.73 Å². The Kier molecular flexibility index (Phi) is 2.51. The molecule has 0 saturated heterocycles. The van der Waals surface area contributed by atoms with Crippen LogP contribution in [0.5, 0.6) is 0 Å². The quantitative estimate of drug-likeness (QED) is 0.740. The first-order chi connectivity index (χ1) is 6.93. The van der Waals surface area contributed by atoms with Gasteiger partial charge in [0.05, 0.1) is 0 Å². The van der Waals surface area contributed by atoms with Gasteiger partial charge in [0.2, 0.25) is 0 Å². The molecule has 0 amide bonds. The summed E-state index contributed by atoms with van der Waals surface area (Å²) in [6.07, 6.45) is 0. The maximum absolute atomic E-state index is 13.6. The van der Waals surface area contributed by atoms with Crippen molar-refractivity contribution in [1.29, 1.82) is 0 Å².